The number of methoxy groups -OCH3 is 1. The number of hydrogen-bond acceptors (Lipinski definition) is 4. The van der Waals surface area contributed by atoms with Gasteiger partial charge in [0, 0.05) is 12.5 Å². The lowest BCUT2D eigenvalue weighted by molar-refractivity contribution is -0.116. The number of nitrogens with zero attached hydrogens (tertiary/aromatic N) is 2. The summed E-state index contributed by atoms with van der Waals surface area (Å²) in [7, 11) is 1.64. The van der Waals surface area contributed by atoms with Gasteiger partial charge in [0.15, 0.2) is 0 Å². The SMILES string of the molecule is COc1ccccc1-n1c(NC(=O)CC2CCCN2)nc2ccccc21.Cl. The van der Waals surface area contributed by atoms with Crippen molar-refractivity contribution < 1.29 is 9.53 Å². The Hall–Kier alpha value is -2.57. The molecule has 1 aliphatic heterocycles. The van der Waals surface area contributed by atoms with Gasteiger partial charge in [-0.3, -0.25) is 14.7 Å². The molecule has 1 fully saturated rings. The molecule has 6 nitrogen and oxygen atoms in total. The van der Waals surface area contributed by atoms with Gasteiger partial charge in [0.2, 0.25) is 11.9 Å². The molecule has 4 rings (SSSR count). The minimum atomic E-state index is -0.0316. The van der Waals surface area contributed by atoms with Crippen molar-refractivity contribution in [2.45, 2.75) is 25.3 Å². The standard InChI is InChI=1S/C20H22N4O2.ClH/c1-26-18-11-5-4-10-17(18)24-16-9-3-2-8-15(16)22-20(24)23-19(25)13-14-7-6-12-21-14;/h2-5,8-11,14,21H,6-7,12-13H2,1H3,(H,22,23,25);1H. The fourth-order valence-corrected chi connectivity index (χ4v) is 3.50. The van der Waals surface area contributed by atoms with E-state index >= 15 is 0 Å². The summed E-state index contributed by atoms with van der Waals surface area (Å²) < 4.78 is 7.45. The molecular weight excluding hydrogens is 364 g/mol. The highest BCUT2D eigenvalue weighted by Crippen LogP contribution is 2.30. The number of carbonyl (C=O) groups is 1. The van der Waals surface area contributed by atoms with Gasteiger partial charge in [-0.1, -0.05) is 24.3 Å². The van der Waals surface area contributed by atoms with Gasteiger partial charge in [0.25, 0.3) is 0 Å². The molecule has 0 bridgehead atoms. The number of anilines is 1. The molecular formula is C20H23ClN4O2. The summed E-state index contributed by atoms with van der Waals surface area (Å²) in [5.74, 6) is 1.21. The topological polar surface area (TPSA) is 68.2 Å². The van der Waals surface area contributed by atoms with Crippen molar-refractivity contribution >= 4 is 35.3 Å². The molecule has 142 valence electrons. The van der Waals surface area contributed by atoms with E-state index in [-0.39, 0.29) is 24.4 Å². The van der Waals surface area contributed by atoms with Crippen molar-refractivity contribution in [1.29, 1.82) is 0 Å². The number of ether oxygens (including phenoxy) is 1. The minimum Gasteiger partial charge on any atom is -0.495 e. The first-order chi connectivity index (χ1) is 12.8. The molecule has 2 aromatic carbocycles. The molecule has 1 amide bonds. The van der Waals surface area contributed by atoms with Crippen molar-refractivity contribution in [1.82, 2.24) is 14.9 Å². The van der Waals surface area contributed by atoms with E-state index in [1.54, 1.807) is 7.11 Å². The van der Waals surface area contributed by atoms with Crippen LogP contribution in [0.25, 0.3) is 16.7 Å². The lowest BCUT2D eigenvalue weighted by Crippen LogP contribution is -2.28. The Morgan fingerprint density at radius 2 is 2.04 bits per heavy atom. The van der Waals surface area contributed by atoms with E-state index in [0.717, 1.165) is 41.9 Å². The number of halogens is 1. The predicted molar refractivity (Wildman–Crippen MR) is 109 cm³/mol. The summed E-state index contributed by atoms with van der Waals surface area (Å²) >= 11 is 0. The van der Waals surface area contributed by atoms with Gasteiger partial charge >= 0.3 is 0 Å². The summed E-state index contributed by atoms with van der Waals surface area (Å²) in [5.41, 5.74) is 2.59. The summed E-state index contributed by atoms with van der Waals surface area (Å²) in [4.78, 5) is 17.2. The van der Waals surface area contributed by atoms with E-state index in [4.69, 9.17) is 4.74 Å². The zero-order valence-electron chi connectivity index (χ0n) is 15.1. The fraction of sp³-hybridized carbons (Fsp3) is 0.300. The third-order valence-corrected chi connectivity index (χ3v) is 4.73. The van der Waals surface area contributed by atoms with Crippen LogP contribution in [-0.4, -0.2) is 35.2 Å². The van der Waals surface area contributed by atoms with Crippen molar-refractivity contribution in [3.8, 4) is 11.4 Å². The molecule has 1 aliphatic rings. The second-order valence-electron chi connectivity index (χ2n) is 6.48. The number of rotatable bonds is 5. The van der Waals surface area contributed by atoms with E-state index in [2.05, 4.69) is 15.6 Å². The lowest BCUT2D eigenvalue weighted by atomic mass is 10.1. The van der Waals surface area contributed by atoms with Gasteiger partial charge in [-0.15, -0.1) is 12.4 Å². The van der Waals surface area contributed by atoms with Crippen molar-refractivity contribution in [2.24, 2.45) is 0 Å². The number of para-hydroxylation sites is 4. The Bertz CT molecular complexity index is 935. The maximum atomic E-state index is 12.5. The highest BCUT2D eigenvalue weighted by molar-refractivity contribution is 5.93. The van der Waals surface area contributed by atoms with Gasteiger partial charge in [0.1, 0.15) is 5.75 Å². The normalized spacial score (nSPS) is 16.1. The van der Waals surface area contributed by atoms with E-state index in [1.807, 2.05) is 53.1 Å². The van der Waals surface area contributed by atoms with Crippen molar-refractivity contribution in [3.05, 3.63) is 48.5 Å². The summed E-state index contributed by atoms with van der Waals surface area (Å²) in [6.45, 7) is 0.984. The number of nitrogens with one attached hydrogen (secondary N) is 2. The molecule has 1 saturated heterocycles. The zero-order chi connectivity index (χ0) is 17.9. The average molecular weight is 387 g/mol. The van der Waals surface area contributed by atoms with E-state index in [9.17, 15) is 4.79 Å². The number of imidazole rings is 1. The maximum absolute atomic E-state index is 12.5. The smallest absolute Gasteiger partial charge is 0.228 e. The van der Waals surface area contributed by atoms with Gasteiger partial charge in [0.05, 0.1) is 23.8 Å². The largest absolute Gasteiger partial charge is 0.495 e. The van der Waals surface area contributed by atoms with E-state index < -0.39 is 0 Å². The first-order valence-electron chi connectivity index (χ1n) is 8.90. The molecule has 0 saturated carbocycles. The fourth-order valence-electron chi connectivity index (χ4n) is 3.50. The number of hydrogen-bond donors (Lipinski definition) is 2. The van der Waals surface area contributed by atoms with Gasteiger partial charge in [-0.25, -0.2) is 4.98 Å². The molecule has 2 heterocycles. The number of amides is 1. The molecule has 27 heavy (non-hydrogen) atoms. The van der Waals surface area contributed by atoms with Crippen LogP contribution in [0.3, 0.4) is 0 Å². The van der Waals surface area contributed by atoms with Crippen LogP contribution in [0.2, 0.25) is 0 Å². The molecule has 0 aliphatic carbocycles. The summed E-state index contributed by atoms with van der Waals surface area (Å²) in [6.07, 6.45) is 2.61. The molecule has 0 spiro atoms. The average Bonchev–Trinajstić information content (AvgIpc) is 3.28. The van der Waals surface area contributed by atoms with Crippen molar-refractivity contribution in [2.75, 3.05) is 19.0 Å². The third kappa shape index (κ3) is 3.91. The molecule has 3 aromatic rings. The quantitative estimate of drug-likeness (QED) is 0.703. The Balaban J connectivity index is 0.00000210. The Morgan fingerprint density at radius 3 is 2.81 bits per heavy atom. The number of aromatic nitrogens is 2. The Morgan fingerprint density at radius 1 is 1.26 bits per heavy atom. The van der Waals surface area contributed by atoms with Crippen molar-refractivity contribution in [3.63, 3.8) is 0 Å². The minimum absolute atomic E-state index is 0. The molecule has 1 aromatic heterocycles. The molecule has 1 atom stereocenters. The third-order valence-electron chi connectivity index (χ3n) is 4.73. The van der Waals surface area contributed by atoms with Crippen LogP contribution in [0, 0.1) is 0 Å². The summed E-state index contributed by atoms with van der Waals surface area (Å²) in [6, 6.07) is 15.8. The molecule has 1 unspecified atom stereocenters. The molecule has 7 heteroatoms. The number of benzene rings is 2. The second kappa shape index (κ2) is 8.41. The highest BCUT2D eigenvalue weighted by Gasteiger charge is 2.21. The highest BCUT2D eigenvalue weighted by atomic mass is 35.5. The zero-order valence-corrected chi connectivity index (χ0v) is 16.0. The van der Waals surface area contributed by atoms with Gasteiger partial charge < -0.3 is 10.1 Å². The van der Waals surface area contributed by atoms with E-state index in [0.29, 0.717) is 12.4 Å². The van der Waals surface area contributed by atoms with Crippen LogP contribution in [0.5, 0.6) is 5.75 Å². The van der Waals surface area contributed by atoms with Crippen LogP contribution in [-0.2, 0) is 4.79 Å². The van der Waals surface area contributed by atoms with Gasteiger partial charge in [-0.2, -0.15) is 0 Å². The monoisotopic (exact) mass is 386 g/mol. The number of carbonyl (C=O) groups excluding carboxylic acids is 1. The molecule has 0 radical (unpaired) electrons. The maximum Gasteiger partial charge on any atom is 0.228 e. The molecule has 2 N–H and O–H groups in total. The first kappa shape index (κ1) is 19.2. The van der Waals surface area contributed by atoms with E-state index in [1.165, 1.54) is 0 Å². The predicted octanol–water partition coefficient (Wildman–Crippen LogP) is 3.54. The van der Waals surface area contributed by atoms with Crippen LogP contribution in [0.4, 0.5) is 5.95 Å². The lowest BCUT2D eigenvalue weighted by Gasteiger charge is -2.14. The second-order valence-corrected chi connectivity index (χ2v) is 6.48. The van der Waals surface area contributed by atoms with Crippen LogP contribution in [0.15, 0.2) is 48.5 Å². The summed E-state index contributed by atoms with van der Waals surface area (Å²) in [5, 5.41) is 6.35. The van der Waals surface area contributed by atoms with Crippen LogP contribution >= 0.6 is 12.4 Å². The van der Waals surface area contributed by atoms with Crippen LogP contribution in [0.1, 0.15) is 19.3 Å². The Labute approximate surface area is 164 Å². The van der Waals surface area contributed by atoms with Crippen LogP contribution < -0.4 is 15.4 Å². The first-order valence-corrected chi connectivity index (χ1v) is 8.90. The van der Waals surface area contributed by atoms with Gasteiger partial charge in [-0.05, 0) is 43.7 Å². The number of fused-ring (bicyclic) bond motifs is 1. The Kier molecular flexibility index (Phi) is 5.98.